The number of ether oxygens (including phenoxy) is 2. The molecule has 2 rings (SSSR count). The standard InChI is InChI=1S/C15H14F3N3O5S/c1-6-9(13(23)25-3)12(27-10(6)14(24)26-4)19-11(22)7-5-8(15(16,17)18)21(2)20-7/h5H,1-4H3,(H,19,22). The summed E-state index contributed by atoms with van der Waals surface area (Å²) in [5.41, 5.74) is -1.50. The third-order valence-corrected chi connectivity index (χ3v) is 4.72. The Morgan fingerprint density at radius 1 is 1.19 bits per heavy atom. The molecule has 0 aromatic carbocycles. The van der Waals surface area contributed by atoms with Gasteiger partial charge in [0, 0.05) is 13.1 Å². The Kier molecular flexibility index (Phi) is 5.59. The van der Waals surface area contributed by atoms with Crippen LogP contribution in [0.4, 0.5) is 18.2 Å². The van der Waals surface area contributed by atoms with E-state index in [-0.39, 0.29) is 21.0 Å². The van der Waals surface area contributed by atoms with Crippen LogP contribution in [0.2, 0.25) is 0 Å². The van der Waals surface area contributed by atoms with Gasteiger partial charge in [0.2, 0.25) is 0 Å². The summed E-state index contributed by atoms with van der Waals surface area (Å²) in [7, 11) is 3.30. The maximum atomic E-state index is 12.8. The minimum atomic E-state index is -4.69. The maximum absolute atomic E-state index is 12.8. The predicted molar refractivity (Wildman–Crippen MR) is 87.9 cm³/mol. The lowest BCUT2D eigenvalue weighted by atomic mass is 10.1. The fourth-order valence-corrected chi connectivity index (χ4v) is 3.36. The van der Waals surface area contributed by atoms with E-state index in [9.17, 15) is 27.6 Å². The van der Waals surface area contributed by atoms with E-state index in [4.69, 9.17) is 0 Å². The molecular weight excluding hydrogens is 391 g/mol. The molecule has 0 unspecified atom stereocenters. The molecule has 0 bridgehead atoms. The molecule has 0 radical (unpaired) electrons. The van der Waals surface area contributed by atoms with E-state index in [1.54, 1.807) is 0 Å². The highest BCUT2D eigenvalue weighted by molar-refractivity contribution is 7.18. The van der Waals surface area contributed by atoms with Gasteiger partial charge in [-0.15, -0.1) is 11.3 Å². The second kappa shape index (κ2) is 7.39. The third kappa shape index (κ3) is 3.94. The van der Waals surface area contributed by atoms with Crippen molar-refractivity contribution in [2.75, 3.05) is 19.5 Å². The van der Waals surface area contributed by atoms with Crippen molar-refractivity contribution >= 4 is 34.2 Å². The molecule has 2 aromatic heterocycles. The van der Waals surface area contributed by atoms with Crippen molar-refractivity contribution in [3.8, 4) is 0 Å². The Morgan fingerprint density at radius 3 is 2.26 bits per heavy atom. The van der Waals surface area contributed by atoms with Crippen LogP contribution in [0.15, 0.2) is 6.07 Å². The first-order chi connectivity index (χ1) is 12.5. The van der Waals surface area contributed by atoms with Crippen molar-refractivity contribution in [1.29, 1.82) is 0 Å². The number of alkyl halides is 3. The zero-order chi connectivity index (χ0) is 20.5. The highest BCUT2D eigenvalue weighted by Crippen LogP contribution is 2.35. The molecule has 8 nitrogen and oxygen atoms in total. The first kappa shape index (κ1) is 20.4. The number of rotatable bonds is 4. The first-order valence-electron chi connectivity index (χ1n) is 7.23. The molecule has 27 heavy (non-hydrogen) atoms. The van der Waals surface area contributed by atoms with Gasteiger partial charge in [-0.05, 0) is 12.5 Å². The summed E-state index contributed by atoms with van der Waals surface area (Å²) in [4.78, 5) is 36.2. The minimum Gasteiger partial charge on any atom is -0.465 e. The highest BCUT2D eigenvalue weighted by Gasteiger charge is 2.36. The maximum Gasteiger partial charge on any atom is 0.433 e. The topological polar surface area (TPSA) is 99.5 Å². The normalized spacial score (nSPS) is 11.2. The molecule has 0 fully saturated rings. The van der Waals surface area contributed by atoms with Gasteiger partial charge in [-0.2, -0.15) is 18.3 Å². The van der Waals surface area contributed by atoms with Gasteiger partial charge in [0.1, 0.15) is 15.6 Å². The van der Waals surface area contributed by atoms with Crippen LogP contribution in [0.25, 0.3) is 0 Å². The van der Waals surface area contributed by atoms with Crippen LogP contribution >= 0.6 is 11.3 Å². The molecule has 0 saturated carbocycles. The van der Waals surface area contributed by atoms with Crippen molar-refractivity contribution in [2.24, 2.45) is 7.05 Å². The third-order valence-electron chi connectivity index (χ3n) is 3.54. The second-order valence-electron chi connectivity index (χ2n) is 5.23. The van der Waals surface area contributed by atoms with Crippen LogP contribution < -0.4 is 5.32 Å². The van der Waals surface area contributed by atoms with E-state index >= 15 is 0 Å². The molecule has 0 aliphatic carbocycles. The van der Waals surface area contributed by atoms with Crippen LogP contribution in [-0.2, 0) is 22.7 Å². The van der Waals surface area contributed by atoms with E-state index in [1.807, 2.05) is 0 Å². The minimum absolute atomic E-state index is 0.0465. The summed E-state index contributed by atoms with van der Waals surface area (Å²) in [5, 5.41) is 5.77. The first-order valence-corrected chi connectivity index (χ1v) is 8.05. The second-order valence-corrected chi connectivity index (χ2v) is 6.25. The largest absolute Gasteiger partial charge is 0.465 e. The molecule has 2 aromatic rings. The number of carbonyl (C=O) groups excluding carboxylic acids is 3. The summed E-state index contributed by atoms with van der Waals surface area (Å²) < 4.78 is 48.3. The van der Waals surface area contributed by atoms with Gasteiger partial charge < -0.3 is 14.8 Å². The van der Waals surface area contributed by atoms with Crippen LogP contribution in [0.3, 0.4) is 0 Å². The lowest BCUT2D eigenvalue weighted by Gasteiger charge is -2.04. The van der Waals surface area contributed by atoms with Crippen LogP contribution in [-0.4, -0.2) is 41.8 Å². The number of methoxy groups -OCH3 is 2. The zero-order valence-corrected chi connectivity index (χ0v) is 15.4. The number of carbonyl (C=O) groups is 3. The Morgan fingerprint density at radius 2 is 1.78 bits per heavy atom. The van der Waals surface area contributed by atoms with E-state index in [0.29, 0.717) is 10.7 Å². The molecule has 0 atom stereocenters. The summed E-state index contributed by atoms with van der Waals surface area (Å²) in [6.45, 7) is 1.45. The molecule has 0 aliphatic heterocycles. The molecule has 12 heteroatoms. The van der Waals surface area contributed by atoms with Gasteiger partial charge in [-0.3, -0.25) is 9.48 Å². The lowest BCUT2D eigenvalue weighted by molar-refractivity contribution is -0.143. The molecule has 0 aliphatic rings. The number of anilines is 1. The Balaban J connectivity index is 2.43. The molecule has 0 spiro atoms. The smallest absolute Gasteiger partial charge is 0.433 e. The number of amides is 1. The summed E-state index contributed by atoms with van der Waals surface area (Å²) in [5.74, 6) is -2.55. The molecule has 2 heterocycles. The van der Waals surface area contributed by atoms with Crippen molar-refractivity contribution in [3.63, 3.8) is 0 Å². The Bertz CT molecular complexity index is 917. The molecule has 1 amide bonds. The molecule has 1 N–H and O–H groups in total. The quantitative estimate of drug-likeness (QED) is 0.785. The van der Waals surface area contributed by atoms with E-state index in [1.165, 1.54) is 6.92 Å². The Labute approximate surface area is 154 Å². The number of nitrogens with one attached hydrogen (secondary N) is 1. The van der Waals surface area contributed by atoms with E-state index in [2.05, 4.69) is 19.9 Å². The predicted octanol–water partition coefficient (Wildman–Crippen LogP) is 2.63. The lowest BCUT2D eigenvalue weighted by Crippen LogP contribution is -2.15. The number of halogens is 3. The zero-order valence-electron chi connectivity index (χ0n) is 14.6. The monoisotopic (exact) mass is 405 g/mol. The fourth-order valence-electron chi connectivity index (χ4n) is 2.25. The van der Waals surface area contributed by atoms with Gasteiger partial charge in [0.05, 0.1) is 19.8 Å². The highest BCUT2D eigenvalue weighted by atomic mass is 32.1. The number of nitrogens with zero attached hydrogens (tertiary/aromatic N) is 2. The van der Waals surface area contributed by atoms with Gasteiger partial charge in [0.15, 0.2) is 5.69 Å². The van der Waals surface area contributed by atoms with Crippen LogP contribution in [0, 0.1) is 6.92 Å². The summed E-state index contributed by atoms with van der Waals surface area (Å²) in [6.07, 6.45) is -4.69. The summed E-state index contributed by atoms with van der Waals surface area (Å²) in [6, 6.07) is 0.578. The number of aromatic nitrogens is 2. The van der Waals surface area contributed by atoms with Crippen molar-refractivity contribution < 1.29 is 37.0 Å². The average Bonchev–Trinajstić information content (AvgIpc) is 3.14. The van der Waals surface area contributed by atoms with Crippen molar-refractivity contribution in [3.05, 3.63) is 33.5 Å². The van der Waals surface area contributed by atoms with Crippen LogP contribution in [0.5, 0.6) is 0 Å². The van der Waals surface area contributed by atoms with Crippen molar-refractivity contribution in [1.82, 2.24) is 9.78 Å². The number of esters is 2. The van der Waals surface area contributed by atoms with E-state index < -0.39 is 35.4 Å². The number of hydrogen-bond acceptors (Lipinski definition) is 7. The fraction of sp³-hybridized carbons (Fsp3) is 0.333. The number of thiophene rings is 1. The summed E-state index contributed by atoms with van der Waals surface area (Å²) >= 11 is 0.738. The van der Waals surface area contributed by atoms with Gasteiger partial charge in [-0.25, -0.2) is 9.59 Å². The Hall–Kier alpha value is -2.89. The molecule has 0 saturated heterocycles. The van der Waals surface area contributed by atoms with Gasteiger partial charge >= 0.3 is 18.1 Å². The van der Waals surface area contributed by atoms with E-state index in [0.717, 1.165) is 32.6 Å². The number of hydrogen-bond donors (Lipinski definition) is 1. The van der Waals surface area contributed by atoms with Gasteiger partial charge in [0.25, 0.3) is 5.91 Å². The molecule has 146 valence electrons. The average molecular weight is 405 g/mol. The SMILES string of the molecule is COC(=O)c1sc(NC(=O)c2cc(C(F)(F)F)n(C)n2)c(C(=O)OC)c1C. The van der Waals surface area contributed by atoms with Crippen LogP contribution in [0.1, 0.15) is 41.8 Å². The van der Waals surface area contributed by atoms with Gasteiger partial charge in [-0.1, -0.05) is 0 Å². The van der Waals surface area contributed by atoms with Crippen molar-refractivity contribution in [2.45, 2.75) is 13.1 Å². The molecular formula is C15H14F3N3O5S. The number of aryl methyl sites for hydroxylation is 1.